The highest BCUT2D eigenvalue weighted by atomic mass is 79.9. The van der Waals surface area contributed by atoms with E-state index in [0.717, 1.165) is 32.8 Å². The van der Waals surface area contributed by atoms with Crippen LogP contribution in [0.15, 0.2) is 16.6 Å². The van der Waals surface area contributed by atoms with E-state index in [9.17, 15) is 14.4 Å². The number of amides is 1. The summed E-state index contributed by atoms with van der Waals surface area (Å²) in [6, 6.07) is 3.92. The largest absolute Gasteiger partial charge is 0.465 e. The Labute approximate surface area is 272 Å². The summed E-state index contributed by atoms with van der Waals surface area (Å²) in [4.78, 5) is 40.2. The Morgan fingerprint density at radius 2 is 1.40 bits per heavy atom. The summed E-state index contributed by atoms with van der Waals surface area (Å²) in [5, 5.41) is 3.44. The van der Waals surface area contributed by atoms with Gasteiger partial charge in [-0.15, -0.1) is 22.7 Å². The van der Waals surface area contributed by atoms with Crippen molar-refractivity contribution < 1.29 is 28.6 Å². The normalized spacial score (nSPS) is 13.2. The Kier molecular flexibility index (Phi) is 14.1. The Hall–Kier alpha value is -2.99. The zero-order valence-corrected chi connectivity index (χ0v) is 29.5. The van der Waals surface area contributed by atoms with Gasteiger partial charge in [0.05, 0.1) is 29.7 Å². The van der Waals surface area contributed by atoms with E-state index in [-0.39, 0.29) is 30.0 Å². The molecule has 8 nitrogen and oxygen atoms in total. The first-order valence-electron chi connectivity index (χ1n) is 14.0. The van der Waals surface area contributed by atoms with Crippen LogP contribution in [0.2, 0.25) is 0 Å². The minimum atomic E-state index is -0.494. The van der Waals surface area contributed by atoms with Crippen LogP contribution in [-0.2, 0) is 14.2 Å². The summed E-state index contributed by atoms with van der Waals surface area (Å²) in [5.74, 6) is 12.2. The van der Waals surface area contributed by atoms with Crippen molar-refractivity contribution in [1.29, 1.82) is 0 Å². The Morgan fingerprint density at radius 3 is 1.88 bits per heavy atom. The van der Waals surface area contributed by atoms with Gasteiger partial charge in [0.1, 0.15) is 15.4 Å². The molecule has 0 aliphatic carbocycles. The van der Waals surface area contributed by atoms with Gasteiger partial charge in [-0.1, -0.05) is 51.4 Å². The van der Waals surface area contributed by atoms with Crippen molar-refractivity contribution in [3.05, 3.63) is 36.1 Å². The number of nitrogens with one attached hydrogen (secondary N) is 1. The molecule has 2 aromatic heterocycles. The second-order valence-electron chi connectivity index (χ2n) is 11.4. The third-order valence-electron chi connectivity index (χ3n) is 5.63. The van der Waals surface area contributed by atoms with Crippen LogP contribution in [0.3, 0.4) is 0 Å². The lowest BCUT2D eigenvalue weighted by molar-refractivity contribution is 0.0210. The summed E-state index contributed by atoms with van der Waals surface area (Å²) >= 11 is 5.99. The molecule has 1 aliphatic rings. The molecule has 3 heterocycles. The summed E-state index contributed by atoms with van der Waals surface area (Å²) in [7, 11) is 2.75. The molecule has 0 saturated carbocycles. The molecular weight excluding hydrogens is 652 g/mol. The fraction of sp³-hybridized carbons (Fsp3) is 0.531. The highest BCUT2D eigenvalue weighted by Gasteiger charge is 2.28. The maximum Gasteiger partial charge on any atom is 0.410 e. The average molecular weight is 694 g/mol. The molecule has 0 spiro atoms. The van der Waals surface area contributed by atoms with Crippen LogP contribution < -0.4 is 5.32 Å². The van der Waals surface area contributed by atoms with Crippen molar-refractivity contribution in [1.82, 2.24) is 4.90 Å². The Morgan fingerprint density at radius 1 is 0.907 bits per heavy atom. The van der Waals surface area contributed by atoms with E-state index in [1.807, 2.05) is 60.6 Å². The van der Waals surface area contributed by atoms with Gasteiger partial charge in [-0.2, -0.15) is 0 Å². The Balaban J connectivity index is 0.000000362. The van der Waals surface area contributed by atoms with E-state index in [2.05, 4.69) is 49.7 Å². The second kappa shape index (κ2) is 16.7. The number of anilines is 1. The van der Waals surface area contributed by atoms with Crippen LogP contribution in [0.5, 0.6) is 0 Å². The molecule has 43 heavy (non-hydrogen) atoms. The molecular formula is C32H41BrN2O6S2. The number of hydrogen-bond acceptors (Lipinski definition) is 9. The lowest BCUT2D eigenvalue weighted by Gasteiger charge is -2.34. The van der Waals surface area contributed by atoms with Gasteiger partial charge >= 0.3 is 18.0 Å². The predicted octanol–water partition coefficient (Wildman–Crippen LogP) is 7.66. The van der Waals surface area contributed by atoms with E-state index in [1.54, 1.807) is 4.90 Å². The van der Waals surface area contributed by atoms with E-state index in [1.165, 1.54) is 36.9 Å². The van der Waals surface area contributed by atoms with Crippen LogP contribution in [0.1, 0.15) is 90.4 Å². The molecule has 11 heteroatoms. The number of carbonyl (C=O) groups excluding carboxylic acids is 3. The number of thiophene rings is 2. The topological polar surface area (TPSA) is 94.2 Å². The average Bonchev–Trinajstić information content (AvgIpc) is 3.52. The van der Waals surface area contributed by atoms with Crippen molar-refractivity contribution in [2.45, 2.75) is 73.0 Å². The Bertz CT molecular complexity index is 1390. The zero-order chi connectivity index (χ0) is 32.3. The zero-order valence-electron chi connectivity index (χ0n) is 26.3. The predicted molar refractivity (Wildman–Crippen MR) is 177 cm³/mol. The number of carbonyl (C=O) groups is 3. The van der Waals surface area contributed by atoms with Crippen molar-refractivity contribution in [2.24, 2.45) is 11.8 Å². The highest BCUT2D eigenvalue weighted by molar-refractivity contribution is 9.10. The third-order valence-corrected chi connectivity index (χ3v) is 8.58. The molecule has 1 saturated heterocycles. The van der Waals surface area contributed by atoms with E-state index in [0.29, 0.717) is 28.8 Å². The standard InChI is InChI=1S/C21H30N2O4S.C11H11BrO2S/c1-14(2)7-8-16-13-17(18(28-16)19(24)26-6)22-15-9-11-23(12-10-15)20(25)27-21(3,4)5;1-7(2)4-5-8-6-9(12)10(15-8)11(13)14-3/h13-15,22H,9-12H2,1-6H3;6-7H,1-3H3. The van der Waals surface area contributed by atoms with E-state index < -0.39 is 5.60 Å². The molecule has 2 aromatic rings. The highest BCUT2D eigenvalue weighted by Crippen LogP contribution is 2.30. The quantitative estimate of drug-likeness (QED) is 0.200. The monoisotopic (exact) mass is 692 g/mol. The molecule has 234 valence electrons. The molecule has 1 amide bonds. The maximum atomic E-state index is 12.2. The fourth-order valence-electron chi connectivity index (χ4n) is 3.65. The van der Waals surface area contributed by atoms with Crippen LogP contribution in [0, 0.1) is 35.5 Å². The maximum absolute atomic E-state index is 12.2. The fourth-order valence-corrected chi connectivity index (χ4v) is 6.17. The number of likely N-dealkylation sites (tertiary alicyclic amines) is 1. The summed E-state index contributed by atoms with van der Waals surface area (Å²) in [5.41, 5.74) is 0.256. The minimum absolute atomic E-state index is 0.169. The van der Waals surface area contributed by atoms with Gasteiger partial charge in [0.25, 0.3) is 0 Å². The molecule has 1 fully saturated rings. The molecule has 1 N–H and O–H groups in total. The van der Waals surface area contributed by atoms with Crippen LogP contribution in [-0.4, -0.2) is 61.9 Å². The van der Waals surface area contributed by atoms with E-state index >= 15 is 0 Å². The lowest BCUT2D eigenvalue weighted by atomic mass is 10.0. The van der Waals surface area contributed by atoms with Crippen molar-refractivity contribution >= 4 is 62.3 Å². The molecule has 3 rings (SSSR count). The van der Waals surface area contributed by atoms with Gasteiger partial charge in [-0.3, -0.25) is 0 Å². The van der Waals surface area contributed by atoms with Gasteiger partial charge in [-0.05, 0) is 61.7 Å². The summed E-state index contributed by atoms with van der Waals surface area (Å²) in [6.07, 6.45) is 1.29. The van der Waals surface area contributed by atoms with Gasteiger partial charge in [0, 0.05) is 35.4 Å². The number of hydrogen-bond donors (Lipinski definition) is 1. The van der Waals surface area contributed by atoms with Gasteiger partial charge in [-0.25, -0.2) is 14.4 Å². The third kappa shape index (κ3) is 12.3. The number of methoxy groups -OCH3 is 2. The number of rotatable bonds is 4. The smallest absolute Gasteiger partial charge is 0.410 e. The van der Waals surface area contributed by atoms with Crippen LogP contribution in [0.25, 0.3) is 0 Å². The van der Waals surface area contributed by atoms with Crippen molar-refractivity contribution in [2.75, 3.05) is 32.6 Å². The molecule has 0 bridgehead atoms. The van der Waals surface area contributed by atoms with Crippen LogP contribution in [0.4, 0.5) is 10.5 Å². The summed E-state index contributed by atoms with van der Waals surface area (Å²) in [6.45, 7) is 14.9. The molecule has 0 aromatic carbocycles. The number of ether oxygens (including phenoxy) is 3. The van der Waals surface area contributed by atoms with Gasteiger partial charge in [0.15, 0.2) is 0 Å². The molecule has 1 aliphatic heterocycles. The van der Waals surface area contributed by atoms with Gasteiger partial charge < -0.3 is 24.4 Å². The number of nitrogens with zero attached hydrogens (tertiary/aromatic N) is 1. The lowest BCUT2D eigenvalue weighted by Crippen LogP contribution is -2.44. The first-order chi connectivity index (χ1) is 20.1. The SMILES string of the molecule is COC(=O)c1sc(C#CC(C)C)cc1Br.COC(=O)c1sc(C#CC(C)C)cc1NC1CCN(C(=O)OC(C)(C)C)CC1. The molecule has 0 atom stereocenters. The van der Waals surface area contributed by atoms with Crippen LogP contribution >= 0.6 is 38.6 Å². The molecule has 0 unspecified atom stereocenters. The molecule has 0 radical (unpaired) electrons. The first kappa shape index (κ1) is 36.2. The number of esters is 2. The first-order valence-corrected chi connectivity index (χ1v) is 16.4. The second-order valence-corrected chi connectivity index (χ2v) is 14.3. The minimum Gasteiger partial charge on any atom is -0.465 e. The van der Waals surface area contributed by atoms with Crippen molar-refractivity contribution in [3.8, 4) is 23.7 Å². The van der Waals surface area contributed by atoms with Crippen molar-refractivity contribution in [3.63, 3.8) is 0 Å². The number of halogens is 1. The van der Waals surface area contributed by atoms with Gasteiger partial charge in [0.2, 0.25) is 0 Å². The number of piperidine rings is 1. The van der Waals surface area contributed by atoms with E-state index in [4.69, 9.17) is 9.47 Å². The summed E-state index contributed by atoms with van der Waals surface area (Å²) < 4.78 is 15.7.